The van der Waals surface area contributed by atoms with Crippen LogP contribution in [0.25, 0.3) is 0 Å². The van der Waals surface area contributed by atoms with Gasteiger partial charge in [0.2, 0.25) is 17.7 Å². The quantitative estimate of drug-likeness (QED) is 0.0296. The Balaban J connectivity index is 1.28. The van der Waals surface area contributed by atoms with Crippen molar-refractivity contribution >= 4 is 54.2 Å². The van der Waals surface area contributed by atoms with Gasteiger partial charge in [0.1, 0.15) is 65.5 Å². The number of amides is 3. The predicted octanol–water partition coefficient (Wildman–Crippen LogP) is 4.43. The minimum atomic E-state index is -3.74. The van der Waals surface area contributed by atoms with Gasteiger partial charge in [0.05, 0.1) is 96.5 Å². The molecule has 4 heterocycles. The average molecular weight is 1670 g/mol. The Bertz CT molecular complexity index is 2570. The van der Waals surface area contributed by atoms with Crippen LogP contribution in [0, 0.1) is 23.2 Å². The number of aliphatic hydroxyl groups excluding tert-OH is 10. The zero-order chi connectivity index (χ0) is 84.6. The molecular formula is C81H144N3O30P. The number of carbonyl (C=O) groups excluding carboxylic acids is 8. The van der Waals surface area contributed by atoms with E-state index in [-0.39, 0.29) is 190 Å². The maximum atomic E-state index is 14.2. The molecule has 0 aliphatic carbocycles. The number of hydrogen-bond acceptors (Lipinski definition) is 29. The lowest BCUT2D eigenvalue weighted by atomic mass is 9.83. The molecule has 3 amide bonds. The van der Waals surface area contributed by atoms with Crippen molar-refractivity contribution in [3.05, 3.63) is 0 Å². The Morgan fingerprint density at radius 3 is 1.11 bits per heavy atom. The summed E-state index contributed by atoms with van der Waals surface area (Å²) < 4.78 is 69.6. The summed E-state index contributed by atoms with van der Waals surface area (Å²) >= 11 is 0. The molecule has 668 valence electrons. The van der Waals surface area contributed by atoms with Gasteiger partial charge in [-0.25, -0.2) is 0 Å². The lowest BCUT2D eigenvalue weighted by Gasteiger charge is -2.40. The van der Waals surface area contributed by atoms with E-state index in [9.17, 15) is 98.9 Å². The molecule has 0 aromatic carbocycles. The molecule has 4 fully saturated rings. The van der Waals surface area contributed by atoms with Crippen molar-refractivity contribution in [2.75, 3.05) is 112 Å². The summed E-state index contributed by atoms with van der Waals surface area (Å²) in [6, 6.07) is -0.468. The second-order valence-corrected chi connectivity index (χ2v) is 34.0. The number of rotatable bonds is 68. The highest BCUT2D eigenvalue weighted by Gasteiger charge is 2.45. The van der Waals surface area contributed by atoms with Crippen LogP contribution >= 0.6 is 7.60 Å². The molecule has 0 spiro atoms. The zero-order valence-corrected chi connectivity index (χ0v) is 69.8. The fourth-order valence-electron chi connectivity index (χ4n) is 14.5. The molecule has 34 heteroatoms. The summed E-state index contributed by atoms with van der Waals surface area (Å²) in [5, 5.41) is 106. The van der Waals surface area contributed by atoms with Gasteiger partial charge in [-0.1, -0.05) is 72.1 Å². The molecule has 4 aliphatic rings. The first-order valence-corrected chi connectivity index (χ1v) is 44.5. The van der Waals surface area contributed by atoms with E-state index in [1.54, 1.807) is 20.8 Å². The largest absolute Gasteiger partial charge is 0.394 e. The van der Waals surface area contributed by atoms with E-state index in [4.69, 9.17) is 47.2 Å². The van der Waals surface area contributed by atoms with Crippen LogP contribution in [0.5, 0.6) is 0 Å². The molecule has 0 bridgehead atoms. The number of likely N-dealkylation sites (tertiary alicyclic amines) is 1. The van der Waals surface area contributed by atoms with Gasteiger partial charge in [0.25, 0.3) is 0 Å². The number of carbonyl (C=O) groups is 8. The Kier molecular flexibility index (Phi) is 53.1. The SMILES string of the molecule is CC1C(OCCCCC(=O)CCCCCC(=O)CCOCC(COCCC(=O)CCCCCC(=O)CCCCOC2OC(CO)C(O)C(O)C2C)(COCCC(=O)NCCCNC(=O)CCCCOC2OC(CO)C(O)C(O)C2C)CC(=O)CCCCCCCCCCC(=O)N2C[C@H](O)C[C@H]2COP(C)(=O)O)OC(CO)C(O)C1O. The lowest BCUT2D eigenvalue weighted by Crippen LogP contribution is -2.55. The van der Waals surface area contributed by atoms with Crippen LogP contribution in [-0.4, -0.2) is 306 Å². The second kappa shape index (κ2) is 59.0. The Morgan fingerprint density at radius 1 is 0.409 bits per heavy atom. The van der Waals surface area contributed by atoms with Gasteiger partial charge in [-0.2, -0.15) is 0 Å². The summed E-state index contributed by atoms with van der Waals surface area (Å²) in [4.78, 5) is 116. The highest BCUT2D eigenvalue weighted by Crippen LogP contribution is 2.38. The summed E-state index contributed by atoms with van der Waals surface area (Å²) in [7, 11) is -3.74. The summed E-state index contributed by atoms with van der Waals surface area (Å²) in [6.45, 7) is 5.91. The number of ether oxygens (including phenoxy) is 9. The van der Waals surface area contributed by atoms with Crippen molar-refractivity contribution in [3.63, 3.8) is 0 Å². The molecule has 4 saturated heterocycles. The molecule has 13 N–H and O–H groups in total. The Labute approximate surface area is 679 Å². The average Bonchev–Trinajstić information content (AvgIpc) is 1.85. The number of nitrogens with one attached hydrogen (secondary N) is 2. The molecule has 33 nitrogen and oxygen atoms in total. The van der Waals surface area contributed by atoms with Gasteiger partial charge < -0.3 is 119 Å². The van der Waals surface area contributed by atoms with E-state index < -0.39 is 137 Å². The van der Waals surface area contributed by atoms with E-state index in [0.29, 0.717) is 129 Å². The Morgan fingerprint density at radius 2 is 0.730 bits per heavy atom. The van der Waals surface area contributed by atoms with Crippen LogP contribution in [0.1, 0.15) is 245 Å². The third-order valence-electron chi connectivity index (χ3n) is 21.9. The van der Waals surface area contributed by atoms with Crippen LogP contribution in [0.15, 0.2) is 0 Å². The van der Waals surface area contributed by atoms with Crippen LogP contribution in [-0.2, 0) is 90.1 Å². The van der Waals surface area contributed by atoms with Crippen molar-refractivity contribution < 1.29 is 146 Å². The fourth-order valence-corrected chi connectivity index (χ4v) is 14.9. The van der Waals surface area contributed by atoms with Gasteiger partial charge in [0, 0.05) is 153 Å². The van der Waals surface area contributed by atoms with E-state index in [1.165, 1.54) is 4.90 Å². The minimum Gasteiger partial charge on any atom is -0.394 e. The number of β-amino-alcohol motifs (C(OH)–C–C–N with tert-alkyl or cyclic N) is 1. The molecule has 4 rings (SSSR count). The monoisotopic (exact) mass is 1670 g/mol. The lowest BCUT2D eigenvalue weighted by molar-refractivity contribution is -0.282. The molecule has 16 unspecified atom stereocenters. The van der Waals surface area contributed by atoms with Gasteiger partial charge >= 0.3 is 7.60 Å². The fraction of sp³-hybridized carbons (Fsp3) is 0.901. The molecule has 0 aromatic rings. The predicted molar refractivity (Wildman–Crippen MR) is 419 cm³/mol. The zero-order valence-electron chi connectivity index (χ0n) is 68.9. The topological polar surface area (TPSA) is 496 Å². The van der Waals surface area contributed by atoms with Gasteiger partial charge in [-0.3, -0.25) is 42.9 Å². The van der Waals surface area contributed by atoms with Crippen LogP contribution in [0.2, 0.25) is 0 Å². The molecule has 0 saturated carbocycles. The van der Waals surface area contributed by atoms with Gasteiger partial charge in [0.15, 0.2) is 18.9 Å². The maximum Gasteiger partial charge on any atom is 0.325 e. The number of aliphatic hydroxyl groups is 10. The molecule has 0 aromatic heterocycles. The first kappa shape index (κ1) is 103. The van der Waals surface area contributed by atoms with E-state index >= 15 is 0 Å². The van der Waals surface area contributed by atoms with Gasteiger partial charge in [-0.15, -0.1) is 0 Å². The minimum absolute atomic E-state index is 0.0265. The summed E-state index contributed by atoms with van der Waals surface area (Å²) in [6.07, 6.45) is 3.93. The number of unbranched alkanes of at least 4 members (excludes halogenated alkanes) is 14. The molecular weight excluding hydrogens is 1530 g/mol. The number of nitrogens with zero attached hydrogens (tertiary/aromatic N) is 1. The summed E-state index contributed by atoms with van der Waals surface area (Å²) in [5.41, 5.74) is -1.10. The maximum absolute atomic E-state index is 14.2. The van der Waals surface area contributed by atoms with Crippen molar-refractivity contribution in [1.82, 2.24) is 15.5 Å². The van der Waals surface area contributed by atoms with Crippen molar-refractivity contribution in [1.29, 1.82) is 0 Å². The first-order valence-electron chi connectivity index (χ1n) is 42.5. The van der Waals surface area contributed by atoms with Crippen molar-refractivity contribution in [2.24, 2.45) is 23.2 Å². The van der Waals surface area contributed by atoms with Crippen LogP contribution in [0.3, 0.4) is 0 Å². The molecule has 18 atom stereocenters. The van der Waals surface area contributed by atoms with Gasteiger partial charge in [-0.05, 0) is 89.9 Å². The first-order chi connectivity index (χ1) is 55.0. The second-order valence-electron chi connectivity index (χ2n) is 32.2. The highest BCUT2D eigenvalue weighted by atomic mass is 31.2. The van der Waals surface area contributed by atoms with Crippen molar-refractivity contribution in [3.8, 4) is 0 Å². The third kappa shape index (κ3) is 42.5. The van der Waals surface area contributed by atoms with E-state index in [0.717, 1.165) is 45.2 Å². The van der Waals surface area contributed by atoms with E-state index in [2.05, 4.69) is 10.6 Å². The van der Waals surface area contributed by atoms with Crippen LogP contribution in [0.4, 0.5) is 0 Å². The third-order valence-corrected chi connectivity index (χ3v) is 22.5. The van der Waals surface area contributed by atoms with Crippen LogP contribution < -0.4 is 10.6 Å². The number of hydrogen-bond donors (Lipinski definition) is 13. The number of ketones is 5. The summed E-state index contributed by atoms with van der Waals surface area (Å²) in [5.74, 6) is -2.16. The van der Waals surface area contributed by atoms with E-state index in [1.807, 2.05) is 0 Å². The smallest absolute Gasteiger partial charge is 0.325 e. The number of Topliss-reactive ketones (excluding diaryl/α,β-unsaturated/α-hetero) is 5. The molecule has 4 aliphatic heterocycles. The highest BCUT2D eigenvalue weighted by molar-refractivity contribution is 7.51. The molecule has 115 heavy (non-hydrogen) atoms. The Hall–Kier alpha value is -3.85. The standard InChI is InChI=1S/C81H144N3O30P/c1-56-72(97)75(100)66(49-85)112-78(56)108-40-22-19-30-60(88)26-14-11-16-28-62(90)35-43-105-53-81(47-64(92)32-13-9-7-5-6-8-10-18-34-71(96)84-48-65(93)46-59(84)52-111-115(4,103)104,54-106-44-36-63(91)29-17-12-15-27-61(89)31-20-23-41-109-79-57(2)73(98)76(101)67(50-86)113-79)55-107-45-37-70(95)83-39-25-38-82-69(94)33-21-24-42-110-80-58(3)74(99)77(102)68(51-87)114-80/h56-59,65-68,72-80,85-87,93,97-102H,5-55H2,1-4H3,(H,82,94)(H,83,95)(H,103,104)/t56?,57?,58?,59-,65+,66?,67?,68?,72?,73?,74?,75?,76?,77?,78?,79?,80?,81?/m0/s1. The molecule has 0 radical (unpaired) electrons. The van der Waals surface area contributed by atoms with Crippen molar-refractivity contribution in [2.45, 2.75) is 331 Å². The normalized spacial score (nSPS) is 26.8.